The summed E-state index contributed by atoms with van der Waals surface area (Å²) in [5, 5.41) is 9.36. The molecule has 1 aliphatic carbocycles. The molecule has 0 aromatic heterocycles. The van der Waals surface area contributed by atoms with Gasteiger partial charge in [-0.3, -0.25) is 13.9 Å². The molecule has 0 atom stereocenters. The first-order valence-corrected chi connectivity index (χ1v) is 6.97. The highest BCUT2D eigenvalue weighted by atomic mass is 32.2. The van der Waals surface area contributed by atoms with E-state index in [1.807, 2.05) is 4.90 Å². The molecule has 2 fully saturated rings. The van der Waals surface area contributed by atoms with Crippen LogP contribution in [0.15, 0.2) is 0 Å². The van der Waals surface area contributed by atoms with E-state index in [1.54, 1.807) is 0 Å². The number of hydrogen-bond donors (Lipinski definition) is 1. The SMILES string of the molecule is O=C(O)C1(N2CCS(=O)CC2)CCCC1. The van der Waals surface area contributed by atoms with Crippen molar-refractivity contribution >= 4 is 16.8 Å². The summed E-state index contributed by atoms with van der Waals surface area (Å²) in [7, 11) is -0.727. The lowest BCUT2D eigenvalue weighted by atomic mass is 9.95. The van der Waals surface area contributed by atoms with Crippen LogP contribution in [0.2, 0.25) is 0 Å². The lowest BCUT2D eigenvalue weighted by Crippen LogP contribution is -2.57. The van der Waals surface area contributed by atoms with Crippen molar-refractivity contribution < 1.29 is 14.1 Å². The lowest BCUT2D eigenvalue weighted by Gasteiger charge is -2.39. The van der Waals surface area contributed by atoms with Crippen molar-refractivity contribution in [3.63, 3.8) is 0 Å². The van der Waals surface area contributed by atoms with Crippen LogP contribution in [0.3, 0.4) is 0 Å². The topological polar surface area (TPSA) is 57.6 Å². The number of carboxylic acid groups (broad SMARTS) is 1. The summed E-state index contributed by atoms with van der Waals surface area (Å²) in [5.41, 5.74) is -0.634. The molecular formula is C10H17NO3S. The molecule has 1 saturated heterocycles. The van der Waals surface area contributed by atoms with Gasteiger partial charge in [0.1, 0.15) is 5.54 Å². The third kappa shape index (κ3) is 1.95. The Morgan fingerprint density at radius 2 is 1.73 bits per heavy atom. The third-order valence-electron chi connectivity index (χ3n) is 3.61. The zero-order valence-corrected chi connectivity index (χ0v) is 9.59. The minimum absolute atomic E-state index is 0.634. The van der Waals surface area contributed by atoms with Crippen LogP contribution in [-0.4, -0.2) is 50.3 Å². The molecule has 0 amide bonds. The fourth-order valence-corrected chi connectivity index (χ4v) is 3.74. The van der Waals surface area contributed by atoms with Gasteiger partial charge >= 0.3 is 5.97 Å². The van der Waals surface area contributed by atoms with E-state index in [1.165, 1.54) is 0 Å². The van der Waals surface area contributed by atoms with E-state index in [4.69, 9.17) is 0 Å². The van der Waals surface area contributed by atoms with E-state index < -0.39 is 22.3 Å². The fraction of sp³-hybridized carbons (Fsp3) is 0.900. The molecule has 2 aliphatic rings. The van der Waals surface area contributed by atoms with Crippen molar-refractivity contribution in [2.24, 2.45) is 0 Å². The van der Waals surface area contributed by atoms with E-state index in [0.717, 1.165) is 25.7 Å². The van der Waals surface area contributed by atoms with Crippen molar-refractivity contribution in [3.8, 4) is 0 Å². The van der Waals surface area contributed by atoms with Crippen molar-refractivity contribution in [1.82, 2.24) is 4.90 Å². The Morgan fingerprint density at radius 3 is 2.20 bits per heavy atom. The maximum absolute atomic E-state index is 11.4. The maximum atomic E-state index is 11.4. The maximum Gasteiger partial charge on any atom is 0.324 e. The second-order valence-electron chi connectivity index (χ2n) is 4.38. The molecule has 0 unspecified atom stereocenters. The monoisotopic (exact) mass is 231 g/mol. The van der Waals surface area contributed by atoms with E-state index in [-0.39, 0.29) is 0 Å². The highest BCUT2D eigenvalue weighted by molar-refractivity contribution is 7.85. The average molecular weight is 231 g/mol. The predicted molar refractivity (Wildman–Crippen MR) is 58.3 cm³/mol. The number of aliphatic carboxylic acids is 1. The van der Waals surface area contributed by atoms with Crippen LogP contribution in [0.4, 0.5) is 0 Å². The van der Waals surface area contributed by atoms with Gasteiger partial charge in [0, 0.05) is 35.4 Å². The molecule has 1 aliphatic heterocycles. The molecule has 15 heavy (non-hydrogen) atoms. The summed E-state index contributed by atoms with van der Waals surface area (Å²) >= 11 is 0. The Bertz CT molecular complexity index is 276. The zero-order chi connectivity index (χ0) is 10.9. The standard InChI is InChI=1S/C10H17NO3S/c12-9(13)10(3-1-2-4-10)11-5-7-15(14)8-6-11/h1-8H2,(H,12,13). The van der Waals surface area contributed by atoms with E-state index in [2.05, 4.69) is 0 Å². The summed E-state index contributed by atoms with van der Waals surface area (Å²) in [4.78, 5) is 13.4. The first-order chi connectivity index (χ1) is 7.15. The normalized spacial score (nSPS) is 28.0. The first-order valence-electron chi connectivity index (χ1n) is 5.48. The van der Waals surface area contributed by atoms with Crippen molar-refractivity contribution in [2.75, 3.05) is 24.6 Å². The van der Waals surface area contributed by atoms with Crippen LogP contribution in [0.5, 0.6) is 0 Å². The minimum Gasteiger partial charge on any atom is -0.480 e. The Balaban J connectivity index is 2.11. The summed E-state index contributed by atoms with van der Waals surface area (Å²) in [6.45, 7) is 1.36. The second-order valence-corrected chi connectivity index (χ2v) is 6.08. The van der Waals surface area contributed by atoms with Crippen LogP contribution < -0.4 is 0 Å². The third-order valence-corrected chi connectivity index (χ3v) is 4.89. The Kier molecular flexibility index (Phi) is 3.11. The Hall–Kier alpha value is -0.420. The van der Waals surface area contributed by atoms with Crippen molar-refractivity contribution in [2.45, 2.75) is 31.2 Å². The van der Waals surface area contributed by atoms with Gasteiger partial charge in [-0.15, -0.1) is 0 Å². The minimum atomic E-state index is -0.727. The van der Waals surface area contributed by atoms with Crippen molar-refractivity contribution in [3.05, 3.63) is 0 Å². The van der Waals surface area contributed by atoms with Crippen LogP contribution in [-0.2, 0) is 15.6 Å². The molecule has 1 heterocycles. The summed E-state index contributed by atoms with van der Waals surface area (Å²) < 4.78 is 11.2. The second kappa shape index (κ2) is 4.22. The number of carbonyl (C=O) groups is 1. The molecule has 5 heteroatoms. The smallest absolute Gasteiger partial charge is 0.324 e. The van der Waals surface area contributed by atoms with Gasteiger partial charge in [0.15, 0.2) is 0 Å². The molecule has 0 aromatic carbocycles. The predicted octanol–water partition coefficient (Wildman–Crippen LogP) is 0.448. The number of hydrogen-bond acceptors (Lipinski definition) is 3. The van der Waals surface area contributed by atoms with Gasteiger partial charge in [-0.25, -0.2) is 0 Å². The van der Waals surface area contributed by atoms with E-state index >= 15 is 0 Å². The Labute approximate surface area is 92.1 Å². The first kappa shape index (κ1) is 11.1. The molecule has 4 nitrogen and oxygen atoms in total. The summed E-state index contributed by atoms with van der Waals surface area (Å²) in [6.07, 6.45) is 3.53. The number of nitrogens with zero attached hydrogens (tertiary/aromatic N) is 1. The van der Waals surface area contributed by atoms with E-state index in [0.29, 0.717) is 24.6 Å². The number of rotatable bonds is 2. The summed E-state index contributed by atoms with van der Waals surface area (Å²) in [6, 6.07) is 0. The van der Waals surface area contributed by atoms with Gasteiger partial charge in [0.2, 0.25) is 0 Å². The Morgan fingerprint density at radius 1 is 1.20 bits per heavy atom. The van der Waals surface area contributed by atoms with Gasteiger partial charge in [-0.05, 0) is 12.8 Å². The van der Waals surface area contributed by atoms with Gasteiger partial charge in [-0.1, -0.05) is 12.8 Å². The lowest BCUT2D eigenvalue weighted by molar-refractivity contribution is -0.151. The van der Waals surface area contributed by atoms with E-state index in [9.17, 15) is 14.1 Å². The highest BCUT2D eigenvalue weighted by Crippen LogP contribution is 2.36. The van der Waals surface area contributed by atoms with Gasteiger partial charge in [-0.2, -0.15) is 0 Å². The van der Waals surface area contributed by atoms with Crippen LogP contribution in [0.25, 0.3) is 0 Å². The van der Waals surface area contributed by atoms with Gasteiger partial charge < -0.3 is 5.11 Å². The zero-order valence-electron chi connectivity index (χ0n) is 8.78. The quantitative estimate of drug-likeness (QED) is 0.749. The molecule has 0 spiro atoms. The summed E-state index contributed by atoms with van der Waals surface area (Å²) in [5.74, 6) is 0.581. The molecule has 0 bridgehead atoms. The van der Waals surface area contributed by atoms with Crippen LogP contribution >= 0.6 is 0 Å². The van der Waals surface area contributed by atoms with Gasteiger partial charge in [0.05, 0.1) is 0 Å². The number of carboxylic acids is 1. The molecule has 1 N–H and O–H groups in total. The molecule has 2 rings (SSSR count). The molecule has 0 radical (unpaired) electrons. The van der Waals surface area contributed by atoms with Gasteiger partial charge in [0.25, 0.3) is 0 Å². The fourth-order valence-electron chi connectivity index (χ4n) is 2.69. The largest absolute Gasteiger partial charge is 0.480 e. The average Bonchev–Trinajstić information content (AvgIpc) is 2.69. The molecule has 0 aromatic rings. The van der Waals surface area contributed by atoms with Crippen molar-refractivity contribution in [1.29, 1.82) is 0 Å². The van der Waals surface area contributed by atoms with Crippen LogP contribution in [0, 0.1) is 0 Å². The molecule has 1 saturated carbocycles. The highest BCUT2D eigenvalue weighted by Gasteiger charge is 2.46. The molecular weight excluding hydrogens is 214 g/mol. The van der Waals surface area contributed by atoms with Crippen LogP contribution in [0.1, 0.15) is 25.7 Å². The molecule has 86 valence electrons.